The molecule has 6 nitrogen and oxygen atoms in total. The summed E-state index contributed by atoms with van der Waals surface area (Å²) in [6.45, 7) is 0. The minimum Gasteiger partial charge on any atom is -0.507 e. The van der Waals surface area contributed by atoms with E-state index in [-0.39, 0.29) is 11.3 Å². The number of benzene rings is 3. The number of nitrogens with zero attached hydrogens (tertiary/aromatic N) is 1. The number of carboxylic acids is 1. The number of nitrogens with one attached hydrogen (secondary N) is 1. The SMILES string of the molecule is COc1ccc(O)c(/C(=C/C(=O)O)c2nc(-c3ccccc3)c(-c3ccccc3)[nH]2)c1. The monoisotopic (exact) mass is 412 g/mol. The van der Waals surface area contributed by atoms with E-state index in [9.17, 15) is 15.0 Å². The van der Waals surface area contributed by atoms with Gasteiger partial charge in [0.15, 0.2) is 0 Å². The quantitative estimate of drug-likeness (QED) is 0.389. The van der Waals surface area contributed by atoms with Gasteiger partial charge in [0.25, 0.3) is 0 Å². The van der Waals surface area contributed by atoms with E-state index < -0.39 is 5.97 Å². The number of hydrogen-bond donors (Lipinski definition) is 3. The van der Waals surface area contributed by atoms with Gasteiger partial charge in [0.1, 0.15) is 17.3 Å². The Morgan fingerprint density at radius 1 is 0.968 bits per heavy atom. The molecule has 154 valence electrons. The molecule has 4 rings (SSSR count). The van der Waals surface area contributed by atoms with Crippen LogP contribution in [-0.2, 0) is 4.79 Å². The van der Waals surface area contributed by atoms with E-state index in [1.165, 1.54) is 13.2 Å². The number of H-pyrrole nitrogens is 1. The fourth-order valence-corrected chi connectivity index (χ4v) is 3.37. The number of phenolic OH excluding ortho intramolecular Hbond substituents is 1. The van der Waals surface area contributed by atoms with Crippen LogP contribution < -0.4 is 4.74 Å². The zero-order valence-corrected chi connectivity index (χ0v) is 16.7. The van der Waals surface area contributed by atoms with Crippen LogP contribution in [0.5, 0.6) is 11.5 Å². The maximum Gasteiger partial charge on any atom is 0.329 e. The Morgan fingerprint density at radius 3 is 2.23 bits per heavy atom. The van der Waals surface area contributed by atoms with Crippen LogP contribution in [0.2, 0.25) is 0 Å². The fraction of sp³-hybridized carbons (Fsp3) is 0.0400. The van der Waals surface area contributed by atoms with Gasteiger partial charge in [-0.25, -0.2) is 9.78 Å². The number of methoxy groups -OCH3 is 1. The van der Waals surface area contributed by atoms with Gasteiger partial charge in [-0.15, -0.1) is 0 Å². The maximum atomic E-state index is 11.6. The lowest BCUT2D eigenvalue weighted by molar-refractivity contribution is -0.131. The van der Waals surface area contributed by atoms with Gasteiger partial charge in [0, 0.05) is 28.3 Å². The smallest absolute Gasteiger partial charge is 0.329 e. The Balaban J connectivity index is 1.95. The molecule has 0 aliphatic carbocycles. The standard InChI is InChI=1S/C25H20N2O4/c1-31-18-12-13-21(28)19(14-18)20(15-22(29)30)25-26-23(16-8-4-2-5-9-16)24(27-25)17-10-6-3-7-11-17/h2-15,28H,1H3,(H,26,27)(H,29,30)/b20-15-. The van der Waals surface area contributed by atoms with Crippen molar-refractivity contribution in [1.82, 2.24) is 9.97 Å². The molecule has 0 spiro atoms. The first-order chi connectivity index (χ1) is 15.1. The van der Waals surface area contributed by atoms with Gasteiger partial charge in [0.05, 0.1) is 18.5 Å². The number of carbonyl (C=O) groups is 1. The normalized spacial score (nSPS) is 11.3. The number of carboxylic acid groups (broad SMARTS) is 1. The number of hydrogen-bond acceptors (Lipinski definition) is 4. The highest BCUT2D eigenvalue weighted by atomic mass is 16.5. The largest absolute Gasteiger partial charge is 0.507 e. The van der Waals surface area contributed by atoms with Crippen LogP contribution in [0.4, 0.5) is 0 Å². The zero-order chi connectivity index (χ0) is 21.8. The number of aromatic hydroxyl groups is 1. The van der Waals surface area contributed by atoms with Gasteiger partial charge < -0.3 is 19.9 Å². The molecule has 0 unspecified atom stereocenters. The second kappa shape index (κ2) is 8.59. The third-order valence-corrected chi connectivity index (χ3v) is 4.83. The van der Waals surface area contributed by atoms with Gasteiger partial charge >= 0.3 is 5.97 Å². The van der Waals surface area contributed by atoms with E-state index in [0.29, 0.717) is 22.8 Å². The molecule has 0 fully saturated rings. The van der Waals surface area contributed by atoms with Crippen molar-refractivity contribution >= 4 is 11.5 Å². The number of imidazole rings is 1. The average Bonchev–Trinajstić information content (AvgIpc) is 3.24. The minimum atomic E-state index is -1.16. The summed E-state index contributed by atoms with van der Waals surface area (Å²) in [5.74, 6) is -0.422. The fourth-order valence-electron chi connectivity index (χ4n) is 3.37. The second-order valence-electron chi connectivity index (χ2n) is 6.82. The molecule has 31 heavy (non-hydrogen) atoms. The average molecular weight is 412 g/mol. The van der Waals surface area contributed by atoms with Crippen molar-refractivity contribution in [2.75, 3.05) is 7.11 Å². The predicted molar refractivity (Wildman–Crippen MR) is 119 cm³/mol. The van der Waals surface area contributed by atoms with Crippen molar-refractivity contribution in [3.63, 3.8) is 0 Å². The number of aromatic amines is 1. The van der Waals surface area contributed by atoms with Crippen molar-refractivity contribution in [2.45, 2.75) is 0 Å². The Morgan fingerprint density at radius 2 is 1.61 bits per heavy atom. The van der Waals surface area contributed by atoms with Crippen molar-refractivity contribution in [3.8, 4) is 34.0 Å². The van der Waals surface area contributed by atoms with Crippen LogP contribution in [0.1, 0.15) is 11.4 Å². The molecule has 0 amide bonds. The number of aromatic nitrogens is 2. The summed E-state index contributed by atoms with van der Waals surface area (Å²) in [6.07, 6.45) is 1.02. The number of aliphatic carboxylic acids is 1. The van der Waals surface area contributed by atoms with Crippen molar-refractivity contribution < 1.29 is 19.7 Å². The van der Waals surface area contributed by atoms with Gasteiger partial charge in [0.2, 0.25) is 0 Å². The lowest BCUT2D eigenvalue weighted by atomic mass is 10.0. The van der Waals surface area contributed by atoms with Crippen molar-refractivity contribution in [1.29, 1.82) is 0 Å². The van der Waals surface area contributed by atoms with Crippen LogP contribution in [0.15, 0.2) is 84.9 Å². The summed E-state index contributed by atoms with van der Waals surface area (Å²) < 4.78 is 5.25. The highest BCUT2D eigenvalue weighted by Gasteiger charge is 2.20. The molecule has 0 aliphatic heterocycles. The Labute approximate surface area is 179 Å². The summed E-state index contributed by atoms with van der Waals surface area (Å²) in [7, 11) is 1.50. The number of phenols is 1. The summed E-state index contributed by atoms with van der Waals surface area (Å²) in [4.78, 5) is 19.6. The van der Waals surface area contributed by atoms with E-state index in [0.717, 1.165) is 22.9 Å². The number of ether oxygens (including phenoxy) is 1. The molecule has 0 saturated heterocycles. The minimum absolute atomic E-state index is 0.0766. The van der Waals surface area contributed by atoms with Crippen LogP contribution in [-0.4, -0.2) is 33.3 Å². The maximum absolute atomic E-state index is 11.6. The van der Waals surface area contributed by atoms with Crippen LogP contribution in [0.3, 0.4) is 0 Å². The highest BCUT2D eigenvalue weighted by Crippen LogP contribution is 2.36. The third-order valence-electron chi connectivity index (χ3n) is 4.83. The number of rotatable bonds is 6. The highest BCUT2D eigenvalue weighted by molar-refractivity contribution is 5.96. The first kappa shape index (κ1) is 20.0. The zero-order valence-electron chi connectivity index (χ0n) is 16.7. The molecule has 3 aromatic carbocycles. The van der Waals surface area contributed by atoms with E-state index in [4.69, 9.17) is 9.72 Å². The van der Waals surface area contributed by atoms with E-state index in [1.807, 2.05) is 60.7 Å². The topological polar surface area (TPSA) is 95.4 Å². The summed E-state index contributed by atoms with van der Waals surface area (Å²) >= 11 is 0. The molecule has 1 aromatic heterocycles. The predicted octanol–water partition coefficient (Wildman–Crippen LogP) is 4.97. The van der Waals surface area contributed by atoms with Crippen LogP contribution >= 0.6 is 0 Å². The molecular formula is C25H20N2O4. The molecule has 0 aliphatic rings. The van der Waals surface area contributed by atoms with Crippen molar-refractivity contribution in [2.24, 2.45) is 0 Å². The molecule has 0 radical (unpaired) electrons. The Bertz CT molecular complexity index is 1190. The molecular weight excluding hydrogens is 392 g/mol. The summed E-state index contributed by atoms with van der Waals surface area (Å²) in [5, 5.41) is 20.0. The van der Waals surface area contributed by atoms with Gasteiger partial charge in [-0.2, -0.15) is 0 Å². The lowest BCUT2D eigenvalue weighted by Crippen LogP contribution is -1.98. The molecule has 6 heteroatoms. The van der Waals surface area contributed by atoms with E-state index in [2.05, 4.69) is 4.98 Å². The molecule has 0 bridgehead atoms. The van der Waals surface area contributed by atoms with E-state index >= 15 is 0 Å². The van der Waals surface area contributed by atoms with Crippen LogP contribution in [0.25, 0.3) is 28.1 Å². The molecule has 1 heterocycles. The van der Waals surface area contributed by atoms with Crippen LogP contribution in [0, 0.1) is 0 Å². The van der Waals surface area contributed by atoms with Gasteiger partial charge in [-0.1, -0.05) is 60.7 Å². The van der Waals surface area contributed by atoms with Crippen molar-refractivity contribution in [3.05, 3.63) is 96.3 Å². The Hall–Kier alpha value is -4.32. The van der Waals surface area contributed by atoms with E-state index in [1.54, 1.807) is 12.1 Å². The first-order valence-electron chi connectivity index (χ1n) is 9.60. The molecule has 4 aromatic rings. The summed E-state index contributed by atoms with van der Waals surface area (Å²) in [5.41, 5.74) is 3.76. The lowest BCUT2D eigenvalue weighted by Gasteiger charge is -2.09. The first-order valence-corrected chi connectivity index (χ1v) is 9.60. The van der Waals surface area contributed by atoms with Gasteiger partial charge in [-0.3, -0.25) is 0 Å². The molecule has 0 saturated carbocycles. The molecule has 3 N–H and O–H groups in total. The Kier molecular flexibility index (Phi) is 5.53. The third kappa shape index (κ3) is 4.18. The second-order valence-corrected chi connectivity index (χ2v) is 6.82. The molecule has 0 atom stereocenters. The van der Waals surface area contributed by atoms with Gasteiger partial charge in [-0.05, 0) is 18.2 Å². The summed E-state index contributed by atoms with van der Waals surface area (Å²) in [6, 6.07) is 24.0.